The van der Waals surface area contributed by atoms with Gasteiger partial charge in [-0.15, -0.1) is 0 Å². The lowest BCUT2D eigenvalue weighted by Crippen LogP contribution is -2.25. The fourth-order valence-electron chi connectivity index (χ4n) is 1.63. The quantitative estimate of drug-likeness (QED) is 0.769. The summed E-state index contributed by atoms with van der Waals surface area (Å²) in [4.78, 5) is 15.3. The maximum Gasteiger partial charge on any atom is 0.238 e. The first-order chi connectivity index (χ1) is 9.78. The normalized spacial score (nSPS) is 10.2. The minimum atomic E-state index is -0.0905. The standard InChI is InChI=1S/C13H17N5O2/c1-14-8-13(19)17-11-3-2-4-12(7-11)20-6-5-18-10-15-9-16-18/h2-4,7,9-10,14H,5-6,8H2,1H3,(H,17,19). The highest BCUT2D eigenvalue weighted by molar-refractivity contribution is 5.92. The molecular weight excluding hydrogens is 258 g/mol. The summed E-state index contributed by atoms with van der Waals surface area (Å²) in [6, 6.07) is 7.28. The Balaban J connectivity index is 1.84. The molecule has 2 aromatic rings. The highest BCUT2D eigenvalue weighted by Gasteiger charge is 2.02. The van der Waals surface area contributed by atoms with Gasteiger partial charge >= 0.3 is 0 Å². The van der Waals surface area contributed by atoms with Crippen LogP contribution in [0.1, 0.15) is 0 Å². The zero-order valence-corrected chi connectivity index (χ0v) is 11.2. The molecule has 7 heteroatoms. The van der Waals surface area contributed by atoms with Crippen molar-refractivity contribution in [3.8, 4) is 5.75 Å². The third kappa shape index (κ3) is 4.36. The number of rotatable bonds is 7. The van der Waals surface area contributed by atoms with Gasteiger partial charge in [0.15, 0.2) is 0 Å². The van der Waals surface area contributed by atoms with Gasteiger partial charge in [-0.25, -0.2) is 9.67 Å². The lowest BCUT2D eigenvalue weighted by molar-refractivity contribution is -0.115. The fraction of sp³-hybridized carbons (Fsp3) is 0.308. The van der Waals surface area contributed by atoms with E-state index in [4.69, 9.17) is 4.74 Å². The Kier molecular flexibility index (Phi) is 5.08. The number of anilines is 1. The molecule has 0 saturated heterocycles. The Morgan fingerprint density at radius 1 is 1.45 bits per heavy atom. The second-order valence-electron chi connectivity index (χ2n) is 4.11. The number of aromatic nitrogens is 3. The molecule has 2 rings (SSSR count). The summed E-state index contributed by atoms with van der Waals surface area (Å²) in [6.45, 7) is 1.38. The van der Waals surface area contributed by atoms with Crippen molar-refractivity contribution < 1.29 is 9.53 Å². The Morgan fingerprint density at radius 2 is 2.35 bits per heavy atom. The van der Waals surface area contributed by atoms with E-state index in [-0.39, 0.29) is 12.5 Å². The van der Waals surface area contributed by atoms with E-state index in [2.05, 4.69) is 20.7 Å². The summed E-state index contributed by atoms with van der Waals surface area (Å²) in [6.07, 6.45) is 3.12. The summed E-state index contributed by atoms with van der Waals surface area (Å²) in [5.74, 6) is 0.611. The fourth-order valence-corrected chi connectivity index (χ4v) is 1.63. The van der Waals surface area contributed by atoms with E-state index in [1.54, 1.807) is 24.1 Å². The van der Waals surface area contributed by atoms with Crippen LogP contribution in [0.2, 0.25) is 0 Å². The minimum Gasteiger partial charge on any atom is -0.492 e. The van der Waals surface area contributed by atoms with Crippen LogP contribution in [0.4, 0.5) is 5.69 Å². The molecule has 0 spiro atoms. The summed E-state index contributed by atoms with van der Waals surface area (Å²) in [5.41, 5.74) is 0.712. The summed E-state index contributed by atoms with van der Waals surface area (Å²) in [7, 11) is 1.73. The van der Waals surface area contributed by atoms with Crippen LogP contribution in [0.3, 0.4) is 0 Å². The van der Waals surface area contributed by atoms with Crippen molar-refractivity contribution >= 4 is 11.6 Å². The Bertz CT molecular complexity index is 541. The monoisotopic (exact) mass is 275 g/mol. The van der Waals surface area contributed by atoms with Crippen molar-refractivity contribution in [1.29, 1.82) is 0 Å². The van der Waals surface area contributed by atoms with Crippen molar-refractivity contribution in [2.75, 3.05) is 25.5 Å². The molecule has 7 nitrogen and oxygen atoms in total. The number of carbonyl (C=O) groups excluding carboxylic acids is 1. The van der Waals surface area contributed by atoms with Crippen molar-refractivity contribution in [2.24, 2.45) is 0 Å². The zero-order valence-electron chi connectivity index (χ0n) is 11.2. The lowest BCUT2D eigenvalue weighted by atomic mass is 10.3. The topological polar surface area (TPSA) is 81.1 Å². The molecule has 2 N–H and O–H groups in total. The number of nitrogens with one attached hydrogen (secondary N) is 2. The average Bonchev–Trinajstić information content (AvgIpc) is 2.92. The van der Waals surface area contributed by atoms with Gasteiger partial charge in [0.2, 0.25) is 5.91 Å². The number of ether oxygens (including phenoxy) is 1. The average molecular weight is 275 g/mol. The Morgan fingerprint density at radius 3 is 3.10 bits per heavy atom. The van der Waals surface area contributed by atoms with Gasteiger partial charge in [-0.1, -0.05) is 6.07 Å². The van der Waals surface area contributed by atoms with Crippen LogP contribution >= 0.6 is 0 Å². The largest absolute Gasteiger partial charge is 0.492 e. The van der Waals surface area contributed by atoms with E-state index in [1.165, 1.54) is 6.33 Å². The first-order valence-corrected chi connectivity index (χ1v) is 6.27. The van der Waals surface area contributed by atoms with E-state index >= 15 is 0 Å². The molecule has 0 unspecified atom stereocenters. The van der Waals surface area contributed by atoms with E-state index in [9.17, 15) is 4.79 Å². The lowest BCUT2D eigenvalue weighted by Gasteiger charge is -2.09. The van der Waals surface area contributed by atoms with Crippen LogP contribution < -0.4 is 15.4 Å². The number of hydrogen-bond acceptors (Lipinski definition) is 5. The zero-order chi connectivity index (χ0) is 14.2. The Labute approximate surface area is 117 Å². The number of hydrogen-bond donors (Lipinski definition) is 2. The van der Waals surface area contributed by atoms with E-state index in [0.29, 0.717) is 24.6 Å². The molecule has 106 valence electrons. The SMILES string of the molecule is CNCC(=O)Nc1cccc(OCCn2cncn2)c1. The van der Waals surface area contributed by atoms with Crippen LogP contribution in [-0.2, 0) is 11.3 Å². The highest BCUT2D eigenvalue weighted by atomic mass is 16.5. The summed E-state index contributed by atoms with van der Waals surface area (Å²) < 4.78 is 7.30. The smallest absolute Gasteiger partial charge is 0.238 e. The van der Waals surface area contributed by atoms with Crippen molar-refractivity contribution in [3.63, 3.8) is 0 Å². The van der Waals surface area contributed by atoms with Crippen LogP contribution in [0.15, 0.2) is 36.9 Å². The maximum atomic E-state index is 11.5. The minimum absolute atomic E-state index is 0.0905. The molecule has 0 fully saturated rings. The second kappa shape index (κ2) is 7.25. The van der Waals surface area contributed by atoms with Gasteiger partial charge in [0.25, 0.3) is 0 Å². The Hall–Kier alpha value is -2.41. The summed E-state index contributed by atoms with van der Waals surface area (Å²) >= 11 is 0. The molecule has 0 aliphatic carbocycles. The van der Waals surface area contributed by atoms with Crippen LogP contribution in [0, 0.1) is 0 Å². The van der Waals surface area contributed by atoms with Gasteiger partial charge in [0, 0.05) is 11.8 Å². The van der Waals surface area contributed by atoms with Crippen molar-refractivity contribution in [2.45, 2.75) is 6.54 Å². The van der Waals surface area contributed by atoms with E-state index < -0.39 is 0 Å². The van der Waals surface area contributed by atoms with Crippen LogP contribution in [0.25, 0.3) is 0 Å². The second-order valence-corrected chi connectivity index (χ2v) is 4.11. The maximum absolute atomic E-state index is 11.5. The van der Waals surface area contributed by atoms with Crippen LogP contribution in [0.5, 0.6) is 5.75 Å². The molecule has 1 aromatic heterocycles. The van der Waals surface area contributed by atoms with Crippen molar-refractivity contribution in [1.82, 2.24) is 20.1 Å². The molecule has 0 atom stereocenters. The van der Waals surface area contributed by atoms with Gasteiger partial charge in [0.05, 0.1) is 13.1 Å². The molecule has 1 aromatic carbocycles. The van der Waals surface area contributed by atoms with Gasteiger partial charge in [-0.3, -0.25) is 4.79 Å². The number of nitrogens with zero attached hydrogens (tertiary/aromatic N) is 3. The molecule has 0 bridgehead atoms. The van der Waals surface area contributed by atoms with Crippen LogP contribution in [-0.4, -0.2) is 40.9 Å². The number of benzene rings is 1. The third-order valence-electron chi connectivity index (χ3n) is 2.51. The predicted octanol–water partition coefficient (Wildman–Crippen LogP) is 0.515. The first kappa shape index (κ1) is 14.0. The molecule has 0 aliphatic rings. The molecule has 0 radical (unpaired) electrons. The number of likely N-dealkylation sites (N-methyl/N-ethyl adjacent to an activating group) is 1. The molecule has 0 aliphatic heterocycles. The molecular formula is C13H17N5O2. The molecule has 0 saturated carbocycles. The van der Waals surface area contributed by atoms with Gasteiger partial charge in [0.1, 0.15) is 25.0 Å². The predicted molar refractivity (Wildman–Crippen MR) is 74.5 cm³/mol. The summed E-state index contributed by atoms with van der Waals surface area (Å²) in [5, 5.41) is 9.56. The molecule has 1 amide bonds. The number of carbonyl (C=O) groups is 1. The first-order valence-electron chi connectivity index (χ1n) is 6.27. The van der Waals surface area contributed by atoms with Gasteiger partial charge in [-0.2, -0.15) is 5.10 Å². The van der Waals surface area contributed by atoms with E-state index in [0.717, 1.165) is 0 Å². The van der Waals surface area contributed by atoms with E-state index in [1.807, 2.05) is 18.2 Å². The molecule has 20 heavy (non-hydrogen) atoms. The van der Waals surface area contributed by atoms with Gasteiger partial charge in [-0.05, 0) is 19.2 Å². The molecule has 1 heterocycles. The van der Waals surface area contributed by atoms with Gasteiger partial charge < -0.3 is 15.4 Å². The van der Waals surface area contributed by atoms with Crippen molar-refractivity contribution in [3.05, 3.63) is 36.9 Å². The number of amides is 1. The third-order valence-corrected chi connectivity index (χ3v) is 2.51. The highest BCUT2D eigenvalue weighted by Crippen LogP contribution is 2.17.